The first-order valence-corrected chi connectivity index (χ1v) is 19.1. The predicted molar refractivity (Wildman–Crippen MR) is 204 cm³/mol. The number of phenolic OH excluding ortho intramolecular Hbond substituents is 2. The zero-order valence-electron chi connectivity index (χ0n) is 30.7. The summed E-state index contributed by atoms with van der Waals surface area (Å²) < 4.78 is 78.7. The number of carbonyl (C=O) groups excluding carboxylic acids is 1. The molecule has 8 N–H and O–H groups in total. The number of ether oxygens (including phenoxy) is 2. The Kier molecular flexibility index (Phi) is 11.8. The van der Waals surface area contributed by atoms with E-state index >= 15 is 0 Å². The van der Waals surface area contributed by atoms with Crippen molar-refractivity contribution < 1.29 is 65.4 Å². The summed E-state index contributed by atoms with van der Waals surface area (Å²) in [6, 6.07) is 7.88. The Hall–Kier alpha value is -7.35. The largest absolute Gasteiger partial charge is 0.507 e. The molecule has 5 rings (SSSR count). The van der Waals surface area contributed by atoms with Crippen LogP contribution in [0.3, 0.4) is 0 Å². The molecule has 1 heterocycles. The lowest BCUT2D eigenvalue weighted by atomic mass is 10.1. The lowest BCUT2D eigenvalue weighted by Crippen LogP contribution is -2.30. The van der Waals surface area contributed by atoms with Gasteiger partial charge in [0.1, 0.15) is 56.1 Å². The monoisotopic (exact) mass is 854 g/mol. The smallest absolute Gasteiger partial charge is 0.338 e. The van der Waals surface area contributed by atoms with Crippen molar-refractivity contribution in [3.8, 4) is 28.9 Å². The minimum Gasteiger partial charge on any atom is -0.507 e. The molecule has 0 radical (unpaired) electrons. The van der Waals surface area contributed by atoms with Gasteiger partial charge in [0.2, 0.25) is 5.88 Å². The summed E-state index contributed by atoms with van der Waals surface area (Å²) in [5.74, 6) is -5.11. The maximum Gasteiger partial charge on any atom is 0.338 e. The van der Waals surface area contributed by atoms with Gasteiger partial charge < -0.3 is 35.6 Å². The van der Waals surface area contributed by atoms with Gasteiger partial charge in [-0.1, -0.05) is 0 Å². The van der Waals surface area contributed by atoms with Crippen LogP contribution in [-0.2, 0) is 26.8 Å². The average Bonchev–Trinajstić information content (AvgIpc) is 3.15. The summed E-state index contributed by atoms with van der Waals surface area (Å²) >= 11 is 0. The van der Waals surface area contributed by atoms with E-state index in [-0.39, 0.29) is 51.9 Å². The summed E-state index contributed by atoms with van der Waals surface area (Å²) in [4.78, 5) is 34.9. The molecule has 1 amide bonds. The normalized spacial score (nSPS) is 12.2. The van der Waals surface area contributed by atoms with Gasteiger partial charge >= 0.3 is 5.97 Å². The van der Waals surface area contributed by atoms with Crippen LogP contribution in [0, 0.1) is 6.92 Å². The summed E-state index contributed by atoms with van der Waals surface area (Å²) in [5.41, 5.74) is 2.01. The second-order valence-corrected chi connectivity index (χ2v) is 14.8. The number of nitrogens with zero attached hydrogens (tertiary/aromatic N) is 7. The molecule has 0 aliphatic carbocycles. The molecule has 0 unspecified atom stereocenters. The van der Waals surface area contributed by atoms with Crippen LogP contribution in [0.2, 0.25) is 0 Å². The van der Waals surface area contributed by atoms with Gasteiger partial charge in [0, 0.05) is 30.3 Å². The quantitative estimate of drug-likeness (QED) is 0.0527. The Balaban J connectivity index is 1.53. The van der Waals surface area contributed by atoms with E-state index in [1.807, 2.05) is 0 Å². The zero-order chi connectivity index (χ0) is 43.7. The minimum absolute atomic E-state index is 0.0162. The third-order valence-electron chi connectivity index (χ3n) is 8.38. The van der Waals surface area contributed by atoms with Crippen LogP contribution in [-0.4, -0.2) is 77.0 Å². The highest BCUT2D eigenvalue weighted by Gasteiger charge is 2.26. The van der Waals surface area contributed by atoms with Gasteiger partial charge in [-0.2, -0.15) is 21.9 Å². The van der Waals surface area contributed by atoms with E-state index in [1.165, 1.54) is 39.3 Å². The van der Waals surface area contributed by atoms with Gasteiger partial charge in [-0.05, 0) is 49.6 Å². The molecule has 308 valence electrons. The van der Waals surface area contributed by atoms with Gasteiger partial charge in [-0.15, -0.1) is 25.6 Å². The van der Waals surface area contributed by atoms with Gasteiger partial charge in [-0.3, -0.25) is 23.3 Å². The van der Waals surface area contributed by atoms with Gasteiger partial charge in [0.25, 0.3) is 31.7 Å². The van der Waals surface area contributed by atoms with E-state index in [2.05, 4.69) is 30.7 Å². The lowest BCUT2D eigenvalue weighted by Gasteiger charge is -2.13. The highest BCUT2D eigenvalue weighted by Crippen LogP contribution is 2.46. The predicted octanol–water partition coefficient (Wildman–Crippen LogP) is 6.00. The number of hydrogen-bond donors (Lipinski definition) is 7. The maximum absolute atomic E-state index is 12.7. The number of aromatic nitrogens is 1. The Labute approximate surface area is 331 Å². The number of nitrogens with two attached hydrogens (primary N) is 1. The number of amides is 1. The topological polar surface area (TPSA) is 364 Å². The van der Waals surface area contributed by atoms with Crippen molar-refractivity contribution >= 4 is 77.0 Å². The van der Waals surface area contributed by atoms with Crippen LogP contribution < -0.4 is 20.8 Å². The number of carboxylic acid groups (broad SMARTS) is 1. The molecule has 0 fully saturated rings. The summed E-state index contributed by atoms with van der Waals surface area (Å²) in [5, 5.41) is 64.6. The number of methoxy groups -OCH3 is 2. The molecule has 0 aliphatic rings. The molecule has 25 heteroatoms. The Morgan fingerprint density at radius 1 is 0.780 bits per heavy atom. The SMILES string of the molecule is CCn1c(O)c(N=Nc2cc(OC)c(N=Nc3ccc(N=Nc4c(S(=O)(=O)O)cc5cc(S(=O)(=O)O)cc(O)c5c4O)c(C(=O)O)c3)cc2OC)c(C)c(C(N)=O)c1=O. The van der Waals surface area contributed by atoms with Gasteiger partial charge in [0.15, 0.2) is 5.75 Å². The van der Waals surface area contributed by atoms with E-state index in [4.69, 9.17) is 15.2 Å². The zero-order valence-corrected chi connectivity index (χ0v) is 32.3. The lowest BCUT2D eigenvalue weighted by molar-refractivity contribution is 0.0697. The Morgan fingerprint density at radius 2 is 1.36 bits per heavy atom. The Morgan fingerprint density at radius 3 is 1.88 bits per heavy atom. The molecule has 5 aromatic rings. The number of pyridine rings is 1. The summed E-state index contributed by atoms with van der Waals surface area (Å²) in [7, 11) is -7.57. The second kappa shape index (κ2) is 16.3. The highest BCUT2D eigenvalue weighted by atomic mass is 32.2. The fourth-order valence-electron chi connectivity index (χ4n) is 5.58. The Bertz CT molecular complexity index is 2980. The van der Waals surface area contributed by atoms with Crippen LogP contribution >= 0.6 is 0 Å². The first-order valence-electron chi connectivity index (χ1n) is 16.2. The number of carbonyl (C=O) groups is 2. The third-order valence-corrected chi connectivity index (χ3v) is 10.1. The molecule has 23 nitrogen and oxygen atoms in total. The fraction of sp³-hybridized carbons (Fsp3) is 0.147. The third kappa shape index (κ3) is 8.52. The van der Waals surface area contributed by atoms with Crippen molar-refractivity contribution in [1.29, 1.82) is 0 Å². The molecule has 0 saturated carbocycles. The molecule has 1 aromatic heterocycles. The number of aromatic carboxylic acids is 1. The molecule has 4 aromatic carbocycles. The van der Waals surface area contributed by atoms with Crippen LogP contribution in [0.5, 0.6) is 28.9 Å². The van der Waals surface area contributed by atoms with E-state index in [9.17, 15) is 60.8 Å². The first-order chi connectivity index (χ1) is 27.6. The van der Waals surface area contributed by atoms with Crippen molar-refractivity contribution in [2.45, 2.75) is 30.2 Å². The molecule has 0 bridgehead atoms. The molecule has 0 spiro atoms. The van der Waals surface area contributed by atoms with Gasteiger partial charge in [-0.25, -0.2) is 4.79 Å². The van der Waals surface area contributed by atoms with Crippen LogP contribution in [0.25, 0.3) is 10.8 Å². The molecule has 0 saturated heterocycles. The standard InChI is InChI=1S/C34H30N8O15S2/c1-5-42-32(46)26(31(35)45)14(2)28(33(42)47)40-39-21-13-23(56-3)20(12-24(21)57-4)38-36-16-6-7-19(18(10-16)34(48)49)37-41-29-25(59(53,54)55)9-15-8-17(58(50,51)52)11-22(43)27(15)30(29)44/h6-13,43-44,47H,5H2,1-4H3,(H2,35,45)(H,48,49)(H,50,51,52)(H,53,54,55). The summed E-state index contributed by atoms with van der Waals surface area (Å²) in [6.07, 6.45) is 0. The molecule has 0 atom stereocenters. The average molecular weight is 855 g/mol. The summed E-state index contributed by atoms with van der Waals surface area (Å²) in [6.45, 7) is 2.90. The minimum atomic E-state index is -5.24. The first kappa shape index (κ1) is 42.8. The second-order valence-electron chi connectivity index (χ2n) is 12.0. The molecular weight excluding hydrogens is 825 g/mol. The van der Waals surface area contributed by atoms with Gasteiger partial charge in [0.05, 0.1) is 35.8 Å². The van der Waals surface area contributed by atoms with E-state index in [1.54, 1.807) is 6.92 Å². The number of aromatic hydroxyl groups is 3. The molecule has 0 aliphatic heterocycles. The highest BCUT2D eigenvalue weighted by molar-refractivity contribution is 7.86. The van der Waals surface area contributed by atoms with Crippen molar-refractivity contribution in [1.82, 2.24) is 4.57 Å². The van der Waals surface area contributed by atoms with Crippen LogP contribution in [0.15, 0.2) is 93.8 Å². The number of phenols is 2. The van der Waals surface area contributed by atoms with Crippen molar-refractivity contribution in [2.75, 3.05) is 14.2 Å². The number of benzene rings is 4. The van der Waals surface area contributed by atoms with E-state index < -0.39 is 92.6 Å². The number of fused-ring (bicyclic) bond motifs is 1. The van der Waals surface area contributed by atoms with Crippen molar-refractivity contribution in [3.05, 3.63) is 75.6 Å². The number of primary amides is 1. The number of rotatable bonds is 13. The van der Waals surface area contributed by atoms with Crippen LogP contribution in [0.4, 0.5) is 34.1 Å². The number of carboxylic acids is 1. The molecular formula is C34H30N8O15S2. The van der Waals surface area contributed by atoms with Crippen LogP contribution in [0.1, 0.15) is 33.2 Å². The number of azo groups is 3. The van der Waals surface area contributed by atoms with E-state index in [0.29, 0.717) is 18.2 Å². The van der Waals surface area contributed by atoms with Crippen molar-refractivity contribution in [2.24, 2.45) is 36.4 Å². The fourth-order valence-corrected chi connectivity index (χ4v) is 6.77. The number of hydrogen-bond acceptors (Lipinski definition) is 18. The molecule has 59 heavy (non-hydrogen) atoms. The maximum atomic E-state index is 12.7. The van der Waals surface area contributed by atoms with Crippen molar-refractivity contribution in [3.63, 3.8) is 0 Å². The van der Waals surface area contributed by atoms with E-state index in [0.717, 1.165) is 16.7 Å².